The molecule has 2 aromatic heterocycles. The summed E-state index contributed by atoms with van der Waals surface area (Å²) in [7, 11) is 0. The van der Waals surface area contributed by atoms with Crippen molar-refractivity contribution < 1.29 is 4.42 Å². The van der Waals surface area contributed by atoms with Gasteiger partial charge in [0.25, 0.3) is 0 Å². The highest BCUT2D eigenvalue weighted by atomic mass is 32.1. The molecule has 0 saturated carbocycles. The van der Waals surface area contributed by atoms with Crippen molar-refractivity contribution >= 4 is 28.5 Å². The molecule has 4 aromatic rings. The van der Waals surface area contributed by atoms with Crippen LogP contribution in [-0.2, 0) is 6.54 Å². The molecule has 0 fully saturated rings. The van der Waals surface area contributed by atoms with E-state index in [9.17, 15) is 4.79 Å². The first-order valence-corrected chi connectivity index (χ1v) is 11.0. The fourth-order valence-electron chi connectivity index (χ4n) is 3.04. The number of thiazole rings is 1. The van der Waals surface area contributed by atoms with E-state index >= 15 is 0 Å². The van der Waals surface area contributed by atoms with Crippen molar-refractivity contribution in [3.8, 4) is 11.3 Å². The van der Waals surface area contributed by atoms with Gasteiger partial charge >= 0.3 is 5.63 Å². The van der Waals surface area contributed by atoms with Gasteiger partial charge in [0.05, 0.1) is 17.5 Å². The maximum Gasteiger partial charge on any atom is 0.345 e. The summed E-state index contributed by atoms with van der Waals surface area (Å²) < 4.78 is 7.44. The lowest BCUT2D eigenvalue weighted by atomic mass is 10.1. The standard InChI is InChI=1S/C23H19N3O2S.C2H6/c1-3-11-26-20(15-29-23(26)25-24-14-17-7-5-4-6-8-17)19-13-18-12-16(2)9-10-21(18)28-22(19)27;1-2/h3-10,12-15H,1,11H2,2H3;1-2H3/b24-14?,25-23+;. The molecule has 0 aliphatic heterocycles. The molecule has 0 amide bonds. The van der Waals surface area contributed by atoms with Crippen molar-refractivity contribution in [2.75, 3.05) is 0 Å². The van der Waals surface area contributed by atoms with E-state index in [1.807, 2.05) is 85.3 Å². The average molecular weight is 432 g/mol. The third-order valence-electron chi connectivity index (χ3n) is 4.42. The normalized spacial score (nSPS) is 11.5. The number of allylic oxidation sites excluding steroid dienone is 1. The van der Waals surface area contributed by atoms with Crippen LogP contribution < -0.4 is 10.4 Å². The zero-order valence-corrected chi connectivity index (χ0v) is 18.7. The minimum absolute atomic E-state index is 0.378. The summed E-state index contributed by atoms with van der Waals surface area (Å²) in [5, 5.41) is 11.3. The highest BCUT2D eigenvalue weighted by Crippen LogP contribution is 2.22. The number of aromatic nitrogens is 1. The third kappa shape index (κ3) is 5.16. The van der Waals surface area contributed by atoms with Gasteiger partial charge in [0, 0.05) is 17.3 Å². The van der Waals surface area contributed by atoms with Crippen LogP contribution in [0.4, 0.5) is 0 Å². The van der Waals surface area contributed by atoms with Crippen LogP contribution in [0.15, 0.2) is 92.0 Å². The van der Waals surface area contributed by atoms with Crippen LogP contribution in [0.1, 0.15) is 25.0 Å². The molecule has 158 valence electrons. The van der Waals surface area contributed by atoms with Crippen LogP contribution in [-0.4, -0.2) is 10.8 Å². The first-order valence-electron chi connectivity index (χ1n) is 10.1. The van der Waals surface area contributed by atoms with Crippen molar-refractivity contribution in [1.29, 1.82) is 0 Å². The second kappa shape index (κ2) is 10.5. The lowest BCUT2D eigenvalue weighted by Gasteiger charge is -2.06. The predicted octanol–water partition coefficient (Wildman–Crippen LogP) is 5.78. The van der Waals surface area contributed by atoms with Crippen molar-refractivity contribution in [3.63, 3.8) is 0 Å². The minimum Gasteiger partial charge on any atom is -0.422 e. The molecule has 0 bridgehead atoms. The van der Waals surface area contributed by atoms with Gasteiger partial charge in [-0.1, -0.05) is 61.9 Å². The first kappa shape index (κ1) is 22.2. The van der Waals surface area contributed by atoms with E-state index in [-0.39, 0.29) is 5.63 Å². The van der Waals surface area contributed by atoms with Gasteiger partial charge in [-0.3, -0.25) is 0 Å². The Hall–Kier alpha value is -3.51. The van der Waals surface area contributed by atoms with E-state index in [4.69, 9.17) is 4.42 Å². The van der Waals surface area contributed by atoms with Gasteiger partial charge in [-0.25, -0.2) is 4.79 Å². The molecular weight excluding hydrogens is 406 g/mol. The van der Waals surface area contributed by atoms with Crippen molar-refractivity contribution in [2.24, 2.45) is 10.2 Å². The van der Waals surface area contributed by atoms with Gasteiger partial charge in [-0.05, 0) is 30.7 Å². The van der Waals surface area contributed by atoms with Gasteiger partial charge in [0.15, 0.2) is 0 Å². The Morgan fingerprint density at radius 2 is 1.90 bits per heavy atom. The van der Waals surface area contributed by atoms with E-state index < -0.39 is 0 Å². The maximum atomic E-state index is 12.6. The number of nitrogens with zero attached hydrogens (tertiary/aromatic N) is 3. The summed E-state index contributed by atoms with van der Waals surface area (Å²) in [6, 6.07) is 17.4. The van der Waals surface area contributed by atoms with Gasteiger partial charge in [-0.2, -0.15) is 5.10 Å². The van der Waals surface area contributed by atoms with Crippen LogP contribution in [0.25, 0.3) is 22.2 Å². The molecule has 0 unspecified atom stereocenters. The van der Waals surface area contributed by atoms with Crippen LogP contribution in [0.2, 0.25) is 0 Å². The summed E-state index contributed by atoms with van der Waals surface area (Å²) >= 11 is 1.42. The topological polar surface area (TPSA) is 59.9 Å². The fourth-order valence-corrected chi connectivity index (χ4v) is 3.90. The lowest BCUT2D eigenvalue weighted by Crippen LogP contribution is -2.17. The third-order valence-corrected chi connectivity index (χ3v) is 5.28. The SMILES string of the molecule is C=CCn1c(-c2cc3cc(C)ccc3oc2=O)cs/c1=N/N=Cc1ccccc1.CC. The van der Waals surface area contributed by atoms with Crippen molar-refractivity contribution in [3.05, 3.63) is 99.0 Å². The maximum absolute atomic E-state index is 12.6. The highest BCUT2D eigenvalue weighted by Gasteiger charge is 2.13. The first-order chi connectivity index (χ1) is 15.2. The van der Waals surface area contributed by atoms with E-state index in [1.54, 1.807) is 12.3 Å². The lowest BCUT2D eigenvalue weighted by molar-refractivity contribution is 0.562. The summed E-state index contributed by atoms with van der Waals surface area (Å²) in [5.74, 6) is 0. The summed E-state index contributed by atoms with van der Waals surface area (Å²) in [5.41, 5.74) is 3.50. The number of hydrogen-bond donors (Lipinski definition) is 0. The summed E-state index contributed by atoms with van der Waals surface area (Å²) in [6.07, 6.45) is 3.47. The minimum atomic E-state index is -0.378. The molecule has 31 heavy (non-hydrogen) atoms. The Morgan fingerprint density at radius 1 is 1.13 bits per heavy atom. The van der Waals surface area contributed by atoms with E-state index in [0.29, 0.717) is 22.5 Å². The molecule has 0 radical (unpaired) electrons. The molecule has 2 heterocycles. The van der Waals surface area contributed by atoms with Crippen LogP contribution in [0.5, 0.6) is 0 Å². The van der Waals surface area contributed by atoms with E-state index in [2.05, 4.69) is 16.8 Å². The zero-order valence-electron chi connectivity index (χ0n) is 17.9. The molecule has 5 nitrogen and oxygen atoms in total. The summed E-state index contributed by atoms with van der Waals surface area (Å²) in [4.78, 5) is 13.3. The molecular formula is C25H25N3O2S. The molecule has 2 aromatic carbocycles. The van der Waals surface area contributed by atoms with Crippen molar-refractivity contribution in [2.45, 2.75) is 27.3 Å². The number of benzene rings is 2. The monoisotopic (exact) mass is 431 g/mol. The molecule has 0 aliphatic rings. The Bertz CT molecular complexity index is 1330. The van der Waals surface area contributed by atoms with Crippen molar-refractivity contribution in [1.82, 2.24) is 4.57 Å². The molecule has 6 heteroatoms. The molecule has 0 spiro atoms. The number of fused-ring (bicyclic) bond motifs is 1. The molecule has 0 saturated heterocycles. The van der Waals surface area contributed by atoms with E-state index in [0.717, 1.165) is 22.2 Å². The highest BCUT2D eigenvalue weighted by molar-refractivity contribution is 7.07. The number of rotatable bonds is 5. The Kier molecular flexibility index (Phi) is 7.51. The second-order valence-corrected chi connectivity index (χ2v) is 7.38. The molecule has 0 aliphatic carbocycles. The smallest absolute Gasteiger partial charge is 0.345 e. The summed E-state index contributed by atoms with van der Waals surface area (Å²) in [6.45, 7) is 10.3. The Morgan fingerprint density at radius 3 is 2.65 bits per heavy atom. The van der Waals surface area contributed by atoms with Gasteiger partial charge in [-0.15, -0.1) is 23.0 Å². The van der Waals surface area contributed by atoms with Crippen LogP contribution in [0, 0.1) is 6.92 Å². The van der Waals surface area contributed by atoms with Gasteiger partial charge in [0.1, 0.15) is 5.58 Å². The number of aryl methyl sites for hydroxylation is 1. The van der Waals surface area contributed by atoms with Gasteiger partial charge < -0.3 is 8.98 Å². The predicted molar refractivity (Wildman–Crippen MR) is 130 cm³/mol. The molecule has 0 atom stereocenters. The van der Waals surface area contributed by atoms with Gasteiger partial charge in [0.2, 0.25) is 4.80 Å². The second-order valence-electron chi connectivity index (χ2n) is 6.55. The molecule has 4 rings (SSSR count). The Balaban J connectivity index is 0.00000132. The molecule has 0 N–H and O–H groups in total. The number of hydrogen-bond acceptors (Lipinski definition) is 5. The fraction of sp³-hybridized carbons (Fsp3) is 0.160. The Labute approximate surface area is 185 Å². The quantitative estimate of drug-likeness (QED) is 0.174. The zero-order chi connectivity index (χ0) is 22.2. The van der Waals surface area contributed by atoms with Crippen LogP contribution >= 0.6 is 11.3 Å². The van der Waals surface area contributed by atoms with Crippen LogP contribution in [0.3, 0.4) is 0 Å². The average Bonchev–Trinajstić information content (AvgIpc) is 3.18. The largest absolute Gasteiger partial charge is 0.422 e. The van der Waals surface area contributed by atoms with E-state index in [1.165, 1.54) is 11.3 Å².